The fourth-order valence-electron chi connectivity index (χ4n) is 2.70. The van der Waals surface area contributed by atoms with Crippen molar-refractivity contribution in [2.45, 2.75) is 30.9 Å². The lowest BCUT2D eigenvalue weighted by Gasteiger charge is -2.36. The summed E-state index contributed by atoms with van der Waals surface area (Å²) in [7, 11) is -3.02. The van der Waals surface area contributed by atoms with Crippen LogP contribution in [0.4, 0.5) is 0 Å². The summed E-state index contributed by atoms with van der Waals surface area (Å²) in [6, 6.07) is 0. The molecule has 0 aliphatic carbocycles. The highest BCUT2D eigenvalue weighted by Crippen LogP contribution is 2.36. The second kappa shape index (κ2) is 6.20. The van der Waals surface area contributed by atoms with Crippen molar-refractivity contribution in [1.82, 2.24) is 0 Å². The molecule has 2 fully saturated rings. The Morgan fingerprint density at radius 3 is 2.17 bits per heavy atom. The number of sulfone groups is 1. The molecule has 0 N–H and O–H groups in total. The average molecular weight is 341 g/mol. The van der Waals surface area contributed by atoms with Crippen LogP contribution < -0.4 is 0 Å². The molecule has 2 aliphatic heterocycles. The SMILES string of the molecule is O=S(=O)(CC1(CBr)CCOCC1)C1CCOCC1. The summed E-state index contributed by atoms with van der Waals surface area (Å²) in [5.74, 6) is 0.291. The molecular formula is C12H21BrO4S. The van der Waals surface area contributed by atoms with Gasteiger partial charge in [-0.25, -0.2) is 8.42 Å². The molecule has 0 aromatic heterocycles. The highest BCUT2D eigenvalue weighted by Gasteiger charge is 2.39. The summed E-state index contributed by atoms with van der Waals surface area (Å²) in [6.07, 6.45) is 2.97. The smallest absolute Gasteiger partial charge is 0.153 e. The van der Waals surface area contributed by atoms with E-state index in [1.807, 2.05) is 0 Å². The van der Waals surface area contributed by atoms with Crippen molar-refractivity contribution in [2.75, 3.05) is 37.5 Å². The van der Waals surface area contributed by atoms with E-state index in [2.05, 4.69) is 15.9 Å². The Bertz CT molecular complexity index is 356. The van der Waals surface area contributed by atoms with Crippen molar-refractivity contribution in [3.8, 4) is 0 Å². The number of ether oxygens (including phenoxy) is 2. The van der Waals surface area contributed by atoms with Crippen LogP contribution in [0, 0.1) is 5.41 Å². The number of hydrogen-bond acceptors (Lipinski definition) is 4. The highest BCUT2D eigenvalue weighted by atomic mass is 79.9. The Labute approximate surface area is 117 Å². The third-order valence-electron chi connectivity index (χ3n) is 4.02. The normalized spacial score (nSPS) is 26.1. The summed E-state index contributed by atoms with van der Waals surface area (Å²) in [4.78, 5) is 0. The van der Waals surface area contributed by atoms with Gasteiger partial charge in [0.15, 0.2) is 9.84 Å². The molecule has 4 nitrogen and oxygen atoms in total. The summed E-state index contributed by atoms with van der Waals surface area (Å²) in [5.41, 5.74) is -0.130. The first-order chi connectivity index (χ1) is 8.58. The maximum Gasteiger partial charge on any atom is 0.153 e. The summed E-state index contributed by atoms with van der Waals surface area (Å²) < 4.78 is 35.6. The van der Waals surface area contributed by atoms with Crippen molar-refractivity contribution in [3.05, 3.63) is 0 Å². The second-order valence-electron chi connectivity index (χ2n) is 5.36. The van der Waals surface area contributed by atoms with E-state index in [4.69, 9.17) is 9.47 Å². The monoisotopic (exact) mass is 340 g/mol. The molecule has 6 heteroatoms. The molecule has 2 rings (SSSR count). The first-order valence-corrected chi connectivity index (χ1v) is 9.35. The minimum Gasteiger partial charge on any atom is -0.381 e. The largest absolute Gasteiger partial charge is 0.381 e. The van der Waals surface area contributed by atoms with Crippen LogP contribution in [0.2, 0.25) is 0 Å². The van der Waals surface area contributed by atoms with Gasteiger partial charge in [-0.2, -0.15) is 0 Å². The third kappa shape index (κ3) is 3.46. The van der Waals surface area contributed by atoms with Crippen LogP contribution in [-0.2, 0) is 19.3 Å². The molecule has 0 radical (unpaired) electrons. The van der Waals surface area contributed by atoms with Crippen LogP contribution in [0.3, 0.4) is 0 Å². The van der Waals surface area contributed by atoms with Gasteiger partial charge in [-0.1, -0.05) is 15.9 Å². The van der Waals surface area contributed by atoms with Gasteiger partial charge < -0.3 is 9.47 Å². The van der Waals surface area contributed by atoms with E-state index in [9.17, 15) is 8.42 Å². The Kier molecular flexibility index (Phi) is 5.08. The fourth-order valence-corrected chi connectivity index (χ4v) is 6.11. The van der Waals surface area contributed by atoms with E-state index in [-0.39, 0.29) is 10.7 Å². The highest BCUT2D eigenvalue weighted by molar-refractivity contribution is 9.09. The molecule has 2 saturated heterocycles. The predicted octanol–water partition coefficient (Wildman–Crippen LogP) is 1.77. The zero-order valence-electron chi connectivity index (χ0n) is 10.6. The first-order valence-electron chi connectivity index (χ1n) is 6.51. The molecule has 0 spiro atoms. The molecule has 2 aliphatic rings. The number of rotatable bonds is 4. The van der Waals surface area contributed by atoms with E-state index in [1.54, 1.807) is 0 Å². The molecule has 106 valence electrons. The van der Waals surface area contributed by atoms with E-state index in [1.165, 1.54) is 0 Å². The van der Waals surface area contributed by atoms with Crippen LogP contribution in [-0.4, -0.2) is 51.2 Å². The van der Waals surface area contributed by atoms with Crippen molar-refractivity contribution >= 4 is 25.8 Å². The van der Waals surface area contributed by atoms with Crippen molar-refractivity contribution < 1.29 is 17.9 Å². The van der Waals surface area contributed by atoms with Crippen LogP contribution in [0.15, 0.2) is 0 Å². The Morgan fingerprint density at radius 1 is 1.06 bits per heavy atom. The lowest BCUT2D eigenvalue weighted by atomic mass is 9.85. The van der Waals surface area contributed by atoms with E-state index in [0.29, 0.717) is 45.0 Å². The third-order valence-corrected chi connectivity index (χ3v) is 7.71. The molecule has 0 bridgehead atoms. The minimum atomic E-state index is -3.02. The average Bonchev–Trinajstić information content (AvgIpc) is 2.40. The Balaban J connectivity index is 2.05. The maximum atomic E-state index is 12.5. The summed E-state index contributed by atoms with van der Waals surface area (Å²) in [5, 5.41) is 0.538. The number of alkyl halides is 1. The van der Waals surface area contributed by atoms with Gasteiger partial charge in [-0.05, 0) is 31.1 Å². The predicted molar refractivity (Wildman–Crippen MR) is 73.9 cm³/mol. The minimum absolute atomic E-state index is 0.130. The van der Waals surface area contributed by atoms with Crippen molar-refractivity contribution in [2.24, 2.45) is 5.41 Å². The van der Waals surface area contributed by atoms with E-state index < -0.39 is 9.84 Å². The van der Waals surface area contributed by atoms with Crippen LogP contribution >= 0.6 is 15.9 Å². The molecule has 0 aromatic rings. The fraction of sp³-hybridized carbons (Fsp3) is 1.00. The zero-order valence-corrected chi connectivity index (χ0v) is 13.0. The number of halogens is 1. The first kappa shape index (κ1) is 14.8. The van der Waals surface area contributed by atoms with Gasteiger partial charge in [0.1, 0.15) is 0 Å². The topological polar surface area (TPSA) is 52.6 Å². The molecule has 0 atom stereocenters. The summed E-state index contributed by atoms with van der Waals surface area (Å²) in [6.45, 7) is 2.51. The van der Waals surface area contributed by atoms with Gasteiger partial charge in [0.05, 0.1) is 11.0 Å². The molecule has 0 unspecified atom stereocenters. The molecule has 18 heavy (non-hydrogen) atoms. The molecule has 0 aromatic carbocycles. The van der Waals surface area contributed by atoms with Gasteiger partial charge >= 0.3 is 0 Å². The Morgan fingerprint density at radius 2 is 1.61 bits per heavy atom. The molecule has 0 amide bonds. The molecule has 2 heterocycles. The quantitative estimate of drug-likeness (QED) is 0.732. The van der Waals surface area contributed by atoms with Crippen LogP contribution in [0.25, 0.3) is 0 Å². The van der Waals surface area contributed by atoms with Crippen LogP contribution in [0.1, 0.15) is 25.7 Å². The van der Waals surface area contributed by atoms with Crippen LogP contribution in [0.5, 0.6) is 0 Å². The maximum absolute atomic E-state index is 12.5. The lowest BCUT2D eigenvalue weighted by Crippen LogP contribution is -2.42. The molecule has 0 saturated carbocycles. The van der Waals surface area contributed by atoms with Gasteiger partial charge in [0, 0.05) is 31.8 Å². The number of hydrogen-bond donors (Lipinski definition) is 0. The van der Waals surface area contributed by atoms with Crippen molar-refractivity contribution in [1.29, 1.82) is 0 Å². The second-order valence-corrected chi connectivity index (χ2v) is 8.21. The van der Waals surface area contributed by atoms with Gasteiger partial charge in [-0.3, -0.25) is 0 Å². The van der Waals surface area contributed by atoms with Crippen molar-refractivity contribution in [3.63, 3.8) is 0 Å². The summed E-state index contributed by atoms with van der Waals surface area (Å²) >= 11 is 3.50. The lowest BCUT2D eigenvalue weighted by molar-refractivity contribution is 0.0364. The van der Waals surface area contributed by atoms with Gasteiger partial charge in [0.2, 0.25) is 0 Å². The van der Waals surface area contributed by atoms with Gasteiger partial charge in [0.25, 0.3) is 0 Å². The van der Waals surface area contributed by atoms with E-state index in [0.717, 1.165) is 18.2 Å². The molecular weight excluding hydrogens is 320 g/mol. The Hall–Kier alpha value is 0.350. The van der Waals surface area contributed by atoms with Gasteiger partial charge in [-0.15, -0.1) is 0 Å². The standard InChI is InChI=1S/C12H21BrO4S/c13-9-12(3-7-17-8-4-12)10-18(14,15)11-1-5-16-6-2-11/h11H,1-10H2. The van der Waals surface area contributed by atoms with E-state index >= 15 is 0 Å². The zero-order chi connectivity index (χ0) is 13.1.